The molecule has 1 fully saturated rings. The Bertz CT molecular complexity index is 1510. The summed E-state index contributed by atoms with van der Waals surface area (Å²) in [4.78, 5) is 43.1. The van der Waals surface area contributed by atoms with Gasteiger partial charge in [-0.1, -0.05) is 42.5 Å². The summed E-state index contributed by atoms with van der Waals surface area (Å²) < 4.78 is 7.16. The number of nitrogens with zero attached hydrogens (tertiary/aromatic N) is 4. The van der Waals surface area contributed by atoms with Gasteiger partial charge >= 0.3 is 5.97 Å². The number of imidazole rings is 1. The van der Waals surface area contributed by atoms with Gasteiger partial charge in [0.1, 0.15) is 5.65 Å². The van der Waals surface area contributed by atoms with E-state index in [1.54, 1.807) is 24.0 Å². The minimum absolute atomic E-state index is 0.00667. The second-order valence-electron chi connectivity index (χ2n) is 9.66. The molecule has 0 N–H and O–H groups in total. The van der Waals surface area contributed by atoms with Gasteiger partial charge < -0.3 is 14.0 Å². The molecule has 2 aromatic heterocycles. The molecule has 5 rings (SSSR count). The number of carbonyl (C=O) groups is 2. The summed E-state index contributed by atoms with van der Waals surface area (Å²) in [5.41, 5.74) is 4.91. The Hall–Kier alpha value is -4.53. The Balaban J connectivity index is 1.45. The predicted octanol–water partition coefficient (Wildman–Crippen LogP) is 5.31. The molecule has 1 amide bonds. The van der Waals surface area contributed by atoms with Crippen molar-refractivity contribution in [3.05, 3.63) is 88.7 Å². The van der Waals surface area contributed by atoms with E-state index in [1.165, 1.54) is 6.07 Å². The van der Waals surface area contributed by atoms with Crippen LogP contribution >= 0.6 is 0 Å². The van der Waals surface area contributed by atoms with Gasteiger partial charge in [-0.05, 0) is 49.4 Å². The van der Waals surface area contributed by atoms with E-state index in [0.717, 1.165) is 46.6 Å². The Morgan fingerprint density at radius 3 is 2.62 bits per heavy atom. The van der Waals surface area contributed by atoms with E-state index in [2.05, 4.69) is 0 Å². The van der Waals surface area contributed by atoms with Gasteiger partial charge in [0, 0.05) is 43.4 Å². The van der Waals surface area contributed by atoms with Crippen LogP contribution in [0, 0.1) is 16.0 Å². The first-order valence-electron chi connectivity index (χ1n) is 13.2. The van der Waals surface area contributed by atoms with E-state index in [4.69, 9.17) is 9.72 Å². The molecular weight excluding hydrogens is 496 g/mol. The number of pyridine rings is 1. The number of ether oxygens (including phenoxy) is 1. The maximum Gasteiger partial charge on any atom is 0.310 e. The predicted molar refractivity (Wildman–Crippen MR) is 147 cm³/mol. The zero-order chi connectivity index (χ0) is 27.4. The number of esters is 1. The molecular formula is C30H30N4O5. The second kappa shape index (κ2) is 11.5. The minimum Gasteiger partial charge on any atom is -0.466 e. The van der Waals surface area contributed by atoms with Crippen molar-refractivity contribution in [1.82, 2.24) is 14.3 Å². The molecule has 0 radical (unpaired) electrons. The minimum atomic E-state index is -0.406. The van der Waals surface area contributed by atoms with Gasteiger partial charge in [0.05, 0.1) is 28.8 Å². The fourth-order valence-corrected chi connectivity index (χ4v) is 5.17. The molecule has 1 aliphatic rings. The lowest BCUT2D eigenvalue weighted by Crippen LogP contribution is -2.42. The number of fused-ring (bicyclic) bond motifs is 1. The number of rotatable bonds is 8. The molecule has 0 bridgehead atoms. The zero-order valence-electron chi connectivity index (χ0n) is 21.8. The lowest BCUT2D eigenvalue weighted by Gasteiger charge is -2.31. The SMILES string of the molecule is CCOC(=O)C1CCCN(C(=O)CCc2c(-c3ccccc3)nc3ccc(-c4cccc([N+](=O)[O-])c4)cn23)C1. The molecule has 9 nitrogen and oxygen atoms in total. The van der Waals surface area contributed by atoms with Gasteiger partial charge in [0.25, 0.3) is 5.69 Å². The van der Waals surface area contributed by atoms with Crippen LogP contribution in [0.5, 0.6) is 0 Å². The smallest absolute Gasteiger partial charge is 0.310 e. The van der Waals surface area contributed by atoms with E-state index in [1.807, 2.05) is 59.1 Å². The Morgan fingerprint density at radius 2 is 1.85 bits per heavy atom. The molecule has 200 valence electrons. The van der Waals surface area contributed by atoms with Crippen LogP contribution < -0.4 is 0 Å². The van der Waals surface area contributed by atoms with Gasteiger partial charge in [-0.3, -0.25) is 19.7 Å². The molecule has 3 heterocycles. The Labute approximate surface area is 226 Å². The third-order valence-corrected chi connectivity index (χ3v) is 7.12. The number of likely N-dealkylation sites (tertiary alicyclic amines) is 1. The van der Waals surface area contributed by atoms with Crippen LogP contribution in [0.15, 0.2) is 72.9 Å². The average molecular weight is 527 g/mol. The summed E-state index contributed by atoms with van der Waals surface area (Å²) in [6.07, 6.45) is 4.14. The summed E-state index contributed by atoms with van der Waals surface area (Å²) in [6.45, 7) is 3.13. The van der Waals surface area contributed by atoms with Gasteiger partial charge in [-0.15, -0.1) is 0 Å². The van der Waals surface area contributed by atoms with Crippen LogP contribution in [0.4, 0.5) is 5.69 Å². The Kier molecular flexibility index (Phi) is 7.67. The topological polar surface area (TPSA) is 107 Å². The summed E-state index contributed by atoms with van der Waals surface area (Å²) in [7, 11) is 0. The largest absolute Gasteiger partial charge is 0.466 e. The maximum absolute atomic E-state index is 13.3. The van der Waals surface area contributed by atoms with E-state index in [-0.39, 0.29) is 29.9 Å². The lowest BCUT2D eigenvalue weighted by atomic mass is 9.97. The first kappa shape index (κ1) is 26.1. The molecule has 1 saturated heterocycles. The number of non-ortho nitro benzene ring substituents is 1. The number of nitro groups is 1. The van der Waals surface area contributed by atoms with Crippen LogP contribution in [0.3, 0.4) is 0 Å². The number of benzene rings is 2. The highest BCUT2D eigenvalue weighted by molar-refractivity contribution is 5.79. The maximum atomic E-state index is 13.3. The number of piperidine rings is 1. The van der Waals surface area contributed by atoms with Crippen LogP contribution in [-0.2, 0) is 20.7 Å². The molecule has 0 saturated carbocycles. The summed E-state index contributed by atoms with van der Waals surface area (Å²) in [5.74, 6) is -0.527. The molecule has 1 atom stereocenters. The van der Waals surface area contributed by atoms with Crippen molar-refractivity contribution in [1.29, 1.82) is 0 Å². The molecule has 1 unspecified atom stereocenters. The second-order valence-corrected chi connectivity index (χ2v) is 9.66. The van der Waals surface area contributed by atoms with Crippen LogP contribution in [0.2, 0.25) is 0 Å². The van der Waals surface area contributed by atoms with Crippen molar-refractivity contribution in [2.75, 3.05) is 19.7 Å². The molecule has 0 spiro atoms. The van der Waals surface area contributed by atoms with Gasteiger partial charge in [-0.2, -0.15) is 0 Å². The summed E-state index contributed by atoms with van der Waals surface area (Å²) in [6, 6.07) is 20.1. The third-order valence-electron chi connectivity index (χ3n) is 7.12. The zero-order valence-corrected chi connectivity index (χ0v) is 21.8. The number of hydrogen-bond acceptors (Lipinski definition) is 6. The highest BCUT2D eigenvalue weighted by Gasteiger charge is 2.29. The van der Waals surface area contributed by atoms with Crippen molar-refractivity contribution >= 4 is 23.2 Å². The molecule has 39 heavy (non-hydrogen) atoms. The third kappa shape index (κ3) is 5.67. The number of aromatic nitrogens is 2. The normalized spacial score (nSPS) is 15.3. The van der Waals surface area contributed by atoms with Gasteiger partial charge in [0.2, 0.25) is 5.91 Å². The van der Waals surface area contributed by atoms with Gasteiger partial charge in [0.15, 0.2) is 0 Å². The number of hydrogen-bond donors (Lipinski definition) is 0. The van der Waals surface area contributed by atoms with Crippen LogP contribution in [-0.4, -0.2) is 50.8 Å². The monoisotopic (exact) mass is 526 g/mol. The number of amides is 1. The quantitative estimate of drug-likeness (QED) is 0.175. The van der Waals surface area contributed by atoms with Crippen LogP contribution in [0.25, 0.3) is 28.0 Å². The highest BCUT2D eigenvalue weighted by atomic mass is 16.6. The van der Waals surface area contributed by atoms with E-state index in [9.17, 15) is 19.7 Å². The number of carbonyl (C=O) groups excluding carboxylic acids is 2. The van der Waals surface area contributed by atoms with Crippen molar-refractivity contribution in [2.45, 2.75) is 32.6 Å². The van der Waals surface area contributed by atoms with Crippen molar-refractivity contribution < 1.29 is 19.2 Å². The fourth-order valence-electron chi connectivity index (χ4n) is 5.17. The molecule has 1 aliphatic heterocycles. The fraction of sp³-hybridized carbons (Fsp3) is 0.300. The summed E-state index contributed by atoms with van der Waals surface area (Å²) >= 11 is 0. The molecule has 4 aromatic rings. The molecule has 2 aromatic carbocycles. The number of aryl methyl sites for hydroxylation is 1. The highest BCUT2D eigenvalue weighted by Crippen LogP contribution is 2.30. The summed E-state index contributed by atoms with van der Waals surface area (Å²) in [5, 5.41) is 11.3. The Morgan fingerprint density at radius 1 is 1.05 bits per heavy atom. The van der Waals surface area contributed by atoms with Crippen LogP contribution in [0.1, 0.15) is 31.9 Å². The molecule has 0 aliphatic carbocycles. The van der Waals surface area contributed by atoms with E-state index < -0.39 is 4.92 Å². The lowest BCUT2D eigenvalue weighted by molar-refractivity contribution is -0.384. The van der Waals surface area contributed by atoms with Crippen molar-refractivity contribution in [2.24, 2.45) is 5.92 Å². The first-order valence-corrected chi connectivity index (χ1v) is 13.2. The first-order chi connectivity index (χ1) is 18.9. The average Bonchev–Trinajstić information content (AvgIpc) is 3.34. The van der Waals surface area contributed by atoms with Crippen molar-refractivity contribution in [3.63, 3.8) is 0 Å². The molecule has 9 heteroatoms. The van der Waals surface area contributed by atoms with E-state index >= 15 is 0 Å². The van der Waals surface area contributed by atoms with Gasteiger partial charge in [-0.25, -0.2) is 4.98 Å². The number of nitro benzene ring substituents is 1. The van der Waals surface area contributed by atoms with Crippen molar-refractivity contribution in [3.8, 4) is 22.4 Å². The standard InChI is InChI=1S/C30H30N4O5/c1-2-39-30(36)24-11-7-17-32(19-24)28(35)16-14-26-29(21-8-4-3-5-9-21)31-27-15-13-23(20-33(26)27)22-10-6-12-25(18-22)34(37)38/h3-6,8-10,12-13,15,18,20,24H,2,7,11,14,16-17,19H2,1H3. The van der Waals surface area contributed by atoms with E-state index in [0.29, 0.717) is 26.1 Å².